The van der Waals surface area contributed by atoms with Gasteiger partial charge in [0.05, 0.1) is 6.04 Å². The molecule has 0 spiro atoms. The van der Waals surface area contributed by atoms with Crippen molar-refractivity contribution in [3.05, 3.63) is 11.7 Å². The van der Waals surface area contributed by atoms with Crippen LogP contribution in [0.5, 0.6) is 0 Å². The highest BCUT2D eigenvalue weighted by Crippen LogP contribution is 2.27. The standard InChI is InChI=1S/C14H26N4OS/c1-14(2,3)11(15-4)8-12-16-13(17-19-12)10-9-20-7-6-18(10)5/h10-11,15H,6-9H2,1-5H3. The molecule has 0 aliphatic carbocycles. The van der Waals surface area contributed by atoms with E-state index in [9.17, 15) is 0 Å². The maximum atomic E-state index is 5.46. The summed E-state index contributed by atoms with van der Waals surface area (Å²) in [6, 6.07) is 0.614. The number of hydrogen-bond acceptors (Lipinski definition) is 6. The van der Waals surface area contributed by atoms with E-state index < -0.39 is 0 Å². The van der Waals surface area contributed by atoms with Gasteiger partial charge in [0, 0.05) is 30.5 Å². The van der Waals surface area contributed by atoms with Gasteiger partial charge in [-0.25, -0.2) is 0 Å². The fourth-order valence-electron chi connectivity index (χ4n) is 2.46. The molecule has 1 aromatic heterocycles. The van der Waals surface area contributed by atoms with Crippen LogP contribution in [0.25, 0.3) is 0 Å². The minimum absolute atomic E-state index is 0.168. The molecule has 2 rings (SSSR count). The molecular formula is C14H26N4OS. The van der Waals surface area contributed by atoms with Gasteiger partial charge in [0.25, 0.3) is 0 Å². The molecule has 114 valence electrons. The summed E-state index contributed by atoms with van der Waals surface area (Å²) < 4.78 is 5.46. The van der Waals surface area contributed by atoms with Gasteiger partial charge in [0.1, 0.15) is 0 Å². The summed E-state index contributed by atoms with van der Waals surface area (Å²) in [6.07, 6.45) is 0.774. The highest BCUT2D eigenvalue weighted by molar-refractivity contribution is 7.99. The summed E-state index contributed by atoms with van der Waals surface area (Å²) in [7, 11) is 4.12. The van der Waals surface area contributed by atoms with Crippen LogP contribution in [-0.4, -0.2) is 53.2 Å². The number of nitrogens with zero attached hydrogens (tertiary/aromatic N) is 3. The van der Waals surface area contributed by atoms with Crippen LogP contribution in [0.15, 0.2) is 4.52 Å². The molecule has 0 saturated carbocycles. The molecule has 1 N–H and O–H groups in total. The fourth-order valence-corrected chi connectivity index (χ4v) is 3.67. The van der Waals surface area contributed by atoms with Crippen molar-refractivity contribution in [2.75, 3.05) is 32.1 Å². The van der Waals surface area contributed by atoms with E-state index in [0.29, 0.717) is 6.04 Å². The number of nitrogens with one attached hydrogen (secondary N) is 1. The second kappa shape index (κ2) is 6.45. The largest absolute Gasteiger partial charge is 0.339 e. The molecule has 2 heterocycles. The van der Waals surface area contributed by atoms with E-state index in [1.807, 2.05) is 18.8 Å². The van der Waals surface area contributed by atoms with Crippen molar-refractivity contribution in [2.45, 2.75) is 39.3 Å². The van der Waals surface area contributed by atoms with Crippen LogP contribution in [0.4, 0.5) is 0 Å². The first-order valence-corrected chi connectivity index (χ1v) is 8.35. The summed E-state index contributed by atoms with van der Waals surface area (Å²) in [5, 5.41) is 7.54. The van der Waals surface area contributed by atoms with Gasteiger partial charge in [-0.3, -0.25) is 4.90 Å². The summed E-state index contributed by atoms with van der Waals surface area (Å²) in [5.41, 5.74) is 0.168. The second-order valence-electron chi connectivity index (χ2n) is 6.53. The fraction of sp³-hybridized carbons (Fsp3) is 0.857. The van der Waals surface area contributed by atoms with E-state index in [-0.39, 0.29) is 11.5 Å². The van der Waals surface area contributed by atoms with E-state index in [1.54, 1.807) is 0 Å². The average Bonchev–Trinajstić information content (AvgIpc) is 2.83. The highest BCUT2D eigenvalue weighted by atomic mass is 32.2. The van der Waals surface area contributed by atoms with Gasteiger partial charge in [-0.1, -0.05) is 25.9 Å². The van der Waals surface area contributed by atoms with Gasteiger partial charge in [-0.2, -0.15) is 16.7 Å². The monoisotopic (exact) mass is 298 g/mol. The summed E-state index contributed by atoms with van der Waals surface area (Å²) in [4.78, 5) is 6.92. The van der Waals surface area contributed by atoms with Crippen molar-refractivity contribution < 1.29 is 4.52 Å². The van der Waals surface area contributed by atoms with Crippen LogP contribution in [0, 0.1) is 5.41 Å². The molecule has 5 nitrogen and oxygen atoms in total. The Morgan fingerprint density at radius 3 is 2.85 bits per heavy atom. The minimum atomic E-state index is 0.168. The third-order valence-electron chi connectivity index (χ3n) is 3.95. The van der Waals surface area contributed by atoms with Crippen LogP contribution in [0.3, 0.4) is 0 Å². The number of rotatable bonds is 4. The summed E-state index contributed by atoms with van der Waals surface area (Å²) in [6.45, 7) is 7.74. The lowest BCUT2D eigenvalue weighted by atomic mass is 9.85. The van der Waals surface area contributed by atoms with E-state index >= 15 is 0 Å². The zero-order chi connectivity index (χ0) is 14.8. The number of thioether (sulfide) groups is 1. The van der Waals surface area contributed by atoms with Gasteiger partial charge in [0.15, 0.2) is 5.82 Å². The van der Waals surface area contributed by atoms with Crippen molar-refractivity contribution in [3.8, 4) is 0 Å². The molecule has 6 heteroatoms. The first kappa shape index (κ1) is 15.8. The predicted octanol–water partition coefficient (Wildman–Crippen LogP) is 1.97. The maximum absolute atomic E-state index is 5.46. The average molecular weight is 298 g/mol. The lowest BCUT2D eigenvalue weighted by Gasteiger charge is -2.29. The topological polar surface area (TPSA) is 54.2 Å². The zero-order valence-electron chi connectivity index (χ0n) is 13.1. The molecule has 0 aromatic carbocycles. The van der Waals surface area contributed by atoms with Gasteiger partial charge in [-0.05, 0) is 19.5 Å². The summed E-state index contributed by atoms with van der Waals surface area (Å²) >= 11 is 1.96. The second-order valence-corrected chi connectivity index (χ2v) is 7.68. The number of likely N-dealkylation sites (N-methyl/N-ethyl adjacent to an activating group) is 1. The number of hydrogen-bond donors (Lipinski definition) is 1. The molecule has 1 aromatic rings. The van der Waals surface area contributed by atoms with E-state index in [0.717, 1.165) is 30.4 Å². The van der Waals surface area contributed by atoms with Crippen molar-refractivity contribution >= 4 is 11.8 Å². The molecule has 1 fully saturated rings. The van der Waals surface area contributed by atoms with Crippen molar-refractivity contribution in [1.82, 2.24) is 20.4 Å². The predicted molar refractivity (Wildman–Crippen MR) is 83.0 cm³/mol. The van der Waals surface area contributed by atoms with Crippen LogP contribution in [-0.2, 0) is 6.42 Å². The quantitative estimate of drug-likeness (QED) is 0.917. The van der Waals surface area contributed by atoms with Crippen molar-refractivity contribution in [1.29, 1.82) is 0 Å². The molecule has 2 atom stereocenters. The Kier molecular flexibility index (Phi) is 5.09. The van der Waals surface area contributed by atoms with E-state index in [1.165, 1.54) is 5.75 Å². The smallest absolute Gasteiger partial charge is 0.228 e. The summed E-state index contributed by atoms with van der Waals surface area (Å²) in [5.74, 6) is 3.80. The molecule has 2 unspecified atom stereocenters. The molecule has 20 heavy (non-hydrogen) atoms. The van der Waals surface area contributed by atoms with E-state index in [2.05, 4.69) is 48.2 Å². The highest BCUT2D eigenvalue weighted by Gasteiger charge is 2.28. The molecule has 0 amide bonds. The molecule has 1 saturated heterocycles. The number of aromatic nitrogens is 2. The van der Waals surface area contributed by atoms with Gasteiger partial charge in [-0.15, -0.1) is 0 Å². The van der Waals surface area contributed by atoms with Gasteiger partial charge >= 0.3 is 0 Å². The SMILES string of the molecule is CNC(Cc1nc(C2CSCCN2C)no1)C(C)(C)C. The Hall–Kier alpha value is -0.590. The normalized spacial score (nSPS) is 22.9. The van der Waals surface area contributed by atoms with Crippen molar-refractivity contribution in [2.24, 2.45) is 5.41 Å². The van der Waals surface area contributed by atoms with Crippen LogP contribution < -0.4 is 5.32 Å². The Bertz CT molecular complexity index is 429. The Labute approximate surface area is 125 Å². The van der Waals surface area contributed by atoms with Crippen LogP contribution in [0.2, 0.25) is 0 Å². The van der Waals surface area contributed by atoms with Gasteiger partial charge < -0.3 is 9.84 Å². The van der Waals surface area contributed by atoms with E-state index in [4.69, 9.17) is 4.52 Å². The maximum Gasteiger partial charge on any atom is 0.228 e. The molecule has 1 aliphatic rings. The first-order valence-electron chi connectivity index (χ1n) is 7.19. The minimum Gasteiger partial charge on any atom is -0.339 e. The zero-order valence-corrected chi connectivity index (χ0v) is 14.0. The molecule has 0 radical (unpaired) electrons. The lowest BCUT2D eigenvalue weighted by molar-refractivity contribution is 0.248. The Morgan fingerprint density at radius 1 is 1.50 bits per heavy atom. The van der Waals surface area contributed by atoms with Crippen LogP contribution in [0.1, 0.15) is 38.5 Å². The van der Waals surface area contributed by atoms with Gasteiger partial charge in [0.2, 0.25) is 5.89 Å². The first-order chi connectivity index (χ1) is 9.41. The molecule has 0 bridgehead atoms. The Balaban J connectivity index is 2.05. The van der Waals surface area contributed by atoms with Crippen molar-refractivity contribution in [3.63, 3.8) is 0 Å². The lowest BCUT2D eigenvalue weighted by Crippen LogP contribution is -2.39. The van der Waals surface area contributed by atoms with Crippen LogP contribution >= 0.6 is 11.8 Å². The third kappa shape index (κ3) is 3.74. The Morgan fingerprint density at radius 2 is 2.25 bits per heavy atom. The molecular weight excluding hydrogens is 272 g/mol. The molecule has 1 aliphatic heterocycles. The third-order valence-corrected chi connectivity index (χ3v) is 4.97.